The molecule has 1 fully saturated rings. The molecule has 0 nitrogen and oxygen atoms in total. The van der Waals surface area contributed by atoms with E-state index < -0.39 is 0 Å². The predicted molar refractivity (Wildman–Crippen MR) is 87.2 cm³/mol. The van der Waals surface area contributed by atoms with Crippen LogP contribution in [0, 0.1) is 11.8 Å². The second-order valence-electron chi connectivity index (χ2n) is 7.58. The van der Waals surface area contributed by atoms with Gasteiger partial charge in [-0.25, -0.2) is 0 Å². The largest absolute Gasteiger partial charge is 0.0628 e. The van der Waals surface area contributed by atoms with Crippen LogP contribution in [0.3, 0.4) is 0 Å². The fourth-order valence-corrected chi connectivity index (χ4v) is 4.41. The van der Waals surface area contributed by atoms with Crippen molar-refractivity contribution in [3.05, 3.63) is 34.9 Å². The van der Waals surface area contributed by atoms with Crippen LogP contribution in [0.25, 0.3) is 0 Å². The molecule has 0 heterocycles. The van der Waals surface area contributed by atoms with Gasteiger partial charge in [0, 0.05) is 0 Å². The van der Waals surface area contributed by atoms with Crippen molar-refractivity contribution in [2.75, 3.05) is 0 Å². The lowest BCUT2D eigenvalue weighted by molar-refractivity contribution is 0.283. The molecule has 0 spiro atoms. The quantitative estimate of drug-likeness (QED) is 0.643. The lowest BCUT2D eigenvalue weighted by Gasteiger charge is -2.30. The monoisotopic (exact) mass is 270 g/mol. The van der Waals surface area contributed by atoms with Crippen LogP contribution in [0.4, 0.5) is 0 Å². The fourth-order valence-electron chi connectivity index (χ4n) is 4.41. The molecule has 0 aromatic heterocycles. The molecule has 3 rings (SSSR count). The number of aryl methyl sites for hydroxylation is 2. The number of fused-ring (bicyclic) bond motifs is 1. The van der Waals surface area contributed by atoms with E-state index in [2.05, 4.69) is 32.0 Å². The lowest BCUT2D eigenvalue weighted by Crippen LogP contribution is -2.15. The number of benzene rings is 1. The van der Waals surface area contributed by atoms with Crippen molar-refractivity contribution in [1.82, 2.24) is 0 Å². The van der Waals surface area contributed by atoms with Gasteiger partial charge in [0.1, 0.15) is 0 Å². The molecule has 0 heteroatoms. The molecule has 1 aromatic carbocycles. The second-order valence-corrected chi connectivity index (χ2v) is 7.58. The van der Waals surface area contributed by atoms with Gasteiger partial charge in [-0.3, -0.25) is 0 Å². The van der Waals surface area contributed by atoms with Gasteiger partial charge in [0.25, 0.3) is 0 Å². The average molecular weight is 270 g/mol. The Balaban J connectivity index is 1.63. The summed E-state index contributed by atoms with van der Waals surface area (Å²) in [5.74, 6) is 2.73. The maximum absolute atomic E-state index is 2.56. The minimum atomic E-state index is 0.852. The molecule has 1 aromatic rings. The highest BCUT2D eigenvalue weighted by molar-refractivity contribution is 5.35. The summed E-state index contributed by atoms with van der Waals surface area (Å²) in [4.78, 5) is 0. The highest BCUT2D eigenvalue weighted by atomic mass is 14.3. The van der Waals surface area contributed by atoms with Crippen molar-refractivity contribution in [1.29, 1.82) is 0 Å². The van der Waals surface area contributed by atoms with Crippen LogP contribution in [0.2, 0.25) is 0 Å². The first kappa shape index (κ1) is 14.2. The summed E-state index contributed by atoms with van der Waals surface area (Å²) in [6.45, 7) is 4.74. The van der Waals surface area contributed by atoms with E-state index >= 15 is 0 Å². The molecule has 0 N–H and O–H groups in total. The van der Waals surface area contributed by atoms with Crippen LogP contribution >= 0.6 is 0 Å². The highest BCUT2D eigenvalue weighted by Crippen LogP contribution is 2.39. The molecule has 0 atom stereocenters. The third kappa shape index (κ3) is 3.27. The van der Waals surface area contributed by atoms with Gasteiger partial charge in [-0.15, -0.1) is 0 Å². The van der Waals surface area contributed by atoms with Gasteiger partial charge in [0.15, 0.2) is 0 Å². The minimum Gasteiger partial charge on any atom is -0.0628 e. The van der Waals surface area contributed by atoms with Crippen molar-refractivity contribution in [3.8, 4) is 0 Å². The Hall–Kier alpha value is -0.780. The van der Waals surface area contributed by atoms with E-state index in [0.29, 0.717) is 0 Å². The molecule has 2 aliphatic carbocycles. The van der Waals surface area contributed by atoms with Gasteiger partial charge >= 0.3 is 0 Å². The maximum Gasteiger partial charge on any atom is -0.0162 e. The smallest absolute Gasteiger partial charge is 0.0162 e. The van der Waals surface area contributed by atoms with Crippen LogP contribution in [0.15, 0.2) is 18.2 Å². The van der Waals surface area contributed by atoms with Crippen LogP contribution in [0.5, 0.6) is 0 Å². The van der Waals surface area contributed by atoms with Gasteiger partial charge in [0.05, 0.1) is 0 Å². The fraction of sp³-hybridized carbons (Fsp3) is 0.700. The van der Waals surface area contributed by atoms with Crippen molar-refractivity contribution in [2.45, 2.75) is 77.6 Å². The number of hydrogen-bond acceptors (Lipinski definition) is 0. The Bertz CT molecular complexity index is 435. The molecule has 0 radical (unpaired) electrons. The summed E-state index contributed by atoms with van der Waals surface area (Å²) in [6, 6.07) is 7.43. The molecule has 0 bridgehead atoms. The SMILES string of the molecule is CC(C)CC1CCC(c2ccc3c(c2)CCCC3)CC1. The Labute approximate surface area is 125 Å². The third-order valence-electron chi connectivity index (χ3n) is 5.50. The van der Waals surface area contributed by atoms with Gasteiger partial charge in [-0.1, -0.05) is 32.0 Å². The topological polar surface area (TPSA) is 0 Å². The third-order valence-corrected chi connectivity index (χ3v) is 5.50. The van der Waals surface area contributed by atoms with E-state index in [1.165, 1.54) is 57.8 Å². The molecular formula is C20H30. The summed E-state index contributed by atoms with van der Waals surface area (Å²) in [7, 11) is 0. The van der Waals surface area contributed by atoms with E-state index in [4.69, 9.17) is 0 Å². The Morgan fingerprint density at radius 3 is 2.35 bits per heavy atom. The Kier molecular flexibility index (Phi) is 4.48. The van der Waals surface area contributed by atoms with E-state index in [-0.39, 0.29) is 0 Å². The lowest BCUT2D eigenvalue weighted by atomic mass is 9.75. The van der Waals surface area contributed by atoms with Gasteiger partial charge in [0.2, 0.25) is 0 Å². The first-order valence-corrected chi connectivity index (χ1v) is 8.84. The Morgan fingerprint density at radius 1 is 0.950 bits per heavy atom. The molecule has 0 amide bonds. The van der Waals surface area contributed by atoms with Gasteiger partial charge in [-0.2, -0.15) is 0 Å². The summed E-state index contributed by atoms with van der Waals surface area (Å²) < 4.78 is 0. The normalized spacial score (nSPS) is 26.6. The van der Waals surface area contributed by atoms with Crippen molar-refractivity contribution >= 4 is 0 Å². The Morgan fingerprint density at radius 2 is 1.65 bits per heavy atom. The number of hydrogen-bond donors (Lipinski definition) is 0. The summed E-state index contributed by atoms with van der Waals surface area (Å²) in [5, 5.41) is 0. The molecule has 1 saturated carbocycles. The molecule has 20 heavy (non-hydrogen) atoms. The summed E-state index contributed by atoms with van der Waals surface area (Å²) in [5.41, 5.74) is 4.94. The molecule has 2 aliphatic rings. The zero-order chi connectivity index (χ0) is 13.9. The minimum absolute atomic E-state index is 0.852. The number of rotatable bonds is 3. The predicted octanol–water partition coefficient (Wildman–Crippen LogP) is 5.89. The van der Waals surface area contributed by atoms with Crippen LogP contribution in [-0.2, 0) is 12.8 Å². The molecule has 0 saturated heterocycles. The van der Waals surface area contributed by atoms with E-state index in [0.717, 1.165) is 17.8 Å². The van der Waals surface area contributed by atoms with E-state index in [1.807, 2.05) is 0 Å². The van der Waals surface area contributed by atoms with E-state index in [1.54, 1.807) is 16.7 Å². The van der Waals surface area contributed by atoms with Gasteiger partial charge < -0.3 is 0 Å². The van der Waals surface area contributed by atoms with Gasteiger partial charge in [-0.05, 0) is 92.2 Å². The van der Waals surface area contributed by atoms with E-state index in [9.17, 15) is 0 Å². The molecule has 110 valence electrons. The van der Waals surface area contributed by atoms with Crippen LogP contribution in [-0.4, -0.2) is 0 Å². The zero-order valence-electron chi connectivity index (χ0n) is 13.3. The summed E-state index contributed by atoms with van der Waals surface area (Å²) >= 11 is 0. The average Bonchev–Trinajstić information content (AvgIpc) is 2.47. The van der Waals surface area contributed by atoms with Crippen molar-refractivity contribution in [3.63, 3.8) is 0 Å². The maximum atomic E-state index is 2.56. The first-order chi connectivity index (χ1) is 9.72. The standard InChI is InChI=1S/C20H30/c1-15(2)13-16-7-9-18(10-8-16)20-12-11-17-5-3-4-6-19(17)14-20/h11-12,14-16,18H,3-10,13H2,1-2H3. The van der Waals surface area contributed by atoms with Crippen LogP contribution < -0.4 is 0 Å². The summed E-state index contributed by atoms with van der Waals surface area (Å²) in [6.07, 6.45) is 12.6. The molecular weight excluding hydrogens is 240 g/mol. The molecule has 0 aliphatic heterocycles. The van der Waals surface area contributed by atoms with Crippen molar-refractivity contribution in [2.24, 2.45) is 11.8 Å². The molecule has 0 unspecified atom stereocenters. The second kappa shape index (κ2) is 6.33. The zero-order valence-corrected chi connectivity index (χ0v) is 13.3. The van der Waals surface area contributed by atoms with Crippen LogP contribution in [0.1, 0.15) is 81.4 Å². The highest BCUT2D eigenvalue weighted by Gasteiger charge is 2.23. The first-order valence-electron chi connectivity index (χ1n) is 8.84. The van der Waals surface area contributed by atoms with Crippen molar-refractivity contribution < 1.29 is 0 Å².